The Hall–Kier alpha value is -3.45. The number of ether oxygens (including phenoxy) is 2. The van der Waals surface area contributed by atoms with Gasteiger partial charge in [-0.15, -0.1) is 0 Å². The Balaban J connectivity index is 1.20. The van der Waals surface area contributed by atoms with Crippen LogP contribution in [0, 0.1) is 0 Å². The Morgan fingerprint density at radius 2 is 1.66 bits per heavy atom. The molecule has 0 amide bonds. The molecule has 0 bridgehead atoms. The summed E-state index contributed by atoms with van der Waals surface area (Å²) < 4.78 is 11.8. The summed E-state index contributed by atoms with van der Waals surface area (Å²) in [7, 11) is 1.49. The number of hydrogen-bond acceptors (Lipinski definition) is 6. The number of nitrogens with two attached hydrogens (primary N) is 1. The Bertz CT molecular complexity index is 1140. The molecule has 3 aromatic carbocycles. The zero-order valence-corrected chi connectivity index (χ0v) is 22.0. The van der Waals surface area contributed by atoms with Gasteiger partial charge in [0.05, 0.1) is 19.3 Å². The monoisotopic (exact) mass is 514 g/mol. The average Bonchev–Trinajstić information content (AvgIpc) is 2.97. The Kier molecular flexibility index (Phi) is 10.1. The highest BCUT2D eigenvalue weighted by molar-refractivity contribution is 5.97. The summed E-state index contributed by atoms with van der Waals surface area (Å²) in [6, 6.07) is 25.3. The van der Waals surface area contributed by atoms with Crippen LogP contribution in [0.25, 0.3) is 6.08 Å². The van der Waals surface area contributed by atoms with Gasteiger partial charge in [0.15, 0.2) is 17.3 Å². The second kappa shape index (κ2) is 13.9. The number of piperidine rings is 1. The lowest BCUT2D eigenvalue weighted by atomic mass is 10.00. The van der Waals surface area contributed by atoms with Gasteiger partial charge in [0.1, 0.15) is 6.10 Å². The molecule has 0 aliphatic carbocycles. The minimum absolute atomic E-state index is 0.0614. The lowest BCUT2D eigenvalue weighted by Gasteiger charge is -2.34. The number of ketones is 1. The highest BCUT2D eigenvalue weighted by Crippen LogP contribution is 2.30. The third-order valence-electron chi connectivity index (χ3n) is 7.07. The number of phenols is 1. The van der Waals surface area contributed by atoms with E-state index in [1.165, 1.54) is 24.3 Å². The molecule has 1 aliphatic rings. The number of phenolic OH excluding ortho intramolecular Hbond substituents is 1. The summed E-state index contributed by atoms with van der Waals surface area (Å²) in [4.78, 5) is 14.9. The minimum Gasteiger partial charge on any atom is -0.504 e. The van der Waals surface area contributed by atoms with Crippen LogP contribution in [0.2, 0.25) is 0 Å². The van der Waals surface area contributed by atoms with Crippen molar-refractivity contribution >= 4 is 11.9 Å². The molecule has 6 nitrogen and oxygen atoms in total. The van der Waals surface area contributed by atoms with Crippen LogP contribution in [0.15, 0.2) is 84.9 Å². The molecule has 3 N–H and O–H groups in total. The van der Waals surface area contributed by atoms with Gasteiger partial charge in [0.25, 0.3) is 0 Å². The van der Waals surface area contributed by atoms with Crippen molar-refractivity contribution in [1.29, 1.82) is 0 Å². The van der Waals surface area contributed by atoms with E-state index in [0.717, 1.165) is 44.5 Å². The van der Waals surface area contributed by atoms with Crippen LogP contribution in [0.3, 0.4) is 0 Å². The molecule has 1 fully saturated rings. The van der Waals surface area contributed by atoms with E-state index in [1.54, 1.807) is 24.3 Å². The maximum absolute atomic E-state index is 12.5. The molecule has 1 aliphatic heterocycles. The van der Waals surface area contributed by atoms with Crippen LogP contribution in [0.4, 0.5) is 0 Å². The second-order valence-electron chi connectivity index (χ2n) is 9.79. The lowest BCUT2D eigenvalue weighted by molar-refractivity contribution is -0.115. The largest absolute Gasteiger partial charge is 0.504 e. The van der Waals surface area contributed by atoms with E-state index in [2.05, 4.69) is 53.4 Å². The van der Waals surface area contributed by atoms with Crippen molar-refractivity contribution in [3.8, 4) is 11.5 Å². The van der Waals surface area contributed by atoms with Gasteiger partial charge >= 0.3 is 0 Å². The van der Waals surface area contributed by atoms with E-state index in [9.17, 15) is 9.90 Å². The molecule has 200 valence electrons. The fourth-order valence-electron chi connectivity index (χ4n) is 4.84. The average molecular weight is 515 g/mol. The van der Waals surface area contributed by atoms with Gasteiger partial charge in [-0.1, -0.05) is 72.8 Å². The van der Waals surface area contributed by atoms with Crippen LogP contribution in [-0.4, -0.2) is 54.7 Å². The molecule has 4 rings (SSSR count). The number of methoxy groups -OCH3 is 1. The molecule has 1 atom stereocenters. The molecule has 0 spiro atoms. The predicted octanol–water partition coefficient (Wildman–Crippen LogP) is 5.36. The quantitative estimate of drug-likeness (QED) is 0.317. The van der Waals surface area contributed by atoms with Gasteiger partial charge in [-0.3, -0.25) is 4.79 Å². The molecule has 3 aromatic rings. The standard InChI is InChI=1S/C32H38N2O4/c1-37-31-23-24(15-17-30(31)36)14-16-29(35)28(33)13-8-20-34-21-18-27(19-22-34)38-32(25-9-4-2-5-10-25)26-11-6-3-7-12-26/h2-7,9-12,14-17,23,27-28,32,36H,8,13,18-22,33H2,1H3. The van der Waals surface area contributed by atoms with Crippen molar-refractivity contribution in [2.75, 3.05) is 26.7 Å². The number of benzene rings is 3. The molecule has 6 heteroatoms. The third kappa shape index (κ3) is 7.78. The number of rotatable bonds is 12. The summed E-state index contributed by atoms with van der Waals surface area (Å²) in [6.45, 7) is 2.88. The van der Waals surface area contributed by atoms with Gasteiger partial charge in [0.2, 0.25) is 0 Å². The number of aromatic hydroxyl groups is 1. The molecular weight excluding hydrogens is 476 g/mol. The molecule has 1 heterocycles. The summed E-state index contributed by atoms with van der Waals surface area (Å²) >= 11 is 0. The first-order valence-electron chi connectivity index (χ1n) is 13.4. The smallest absolute Gasteiger partial charge is 0.172 e. The highest BCUT2D eigenvalue weighted by Gasteiger charge is 2.24. The van der Waals surface area contributed by atoms with Crippen molar-refractivity contribution in [2.24, 2.45) is 5.73 Å². The highest BCUT2D eigenvalue weighted by atomic mass is 16.5. The summed E-state index contributed by atoms with van der Waals surface area (Å²) in [5.74, 6) is 0.334. The van der Waals surface area contributed by atoms with Crippen LogP contribution in [0.5, 0.6) is 11.5 Å². The fourth-order valence-corrected chi connectivity index (χ4v) is 4.84. The van der Waals surface area contributed by atoms with Crippen LogP contribution in [0.1, 0.15) is 48.5 Å². The zero-order chi connectivity index (χ0) is 26.7. The summed E-state index contributed by atoms with van der Waals surface area (Å²) in [5, 5.41) is 9.71. The fraction of sp³-hybridized carbons (Fsp3) is 0.344. The second-order valence-corrected chi connectivity index (χ2v) is 9.79. The third-order valence-corrected chi connectivity index (χ3v) is 7.07. The van der Waals surface area contributed by atoms with Crippen molar-refractivity contribution in [3.63, 3.8) is 0 Å². The Morgan fingerprint density at radius 3 is 2.26 bits per heavy atom. The summed E-state index contributed by atoms with van der Waals surface area (Å²) in [5.41, 5.74) is 9.29. The minimum atomic E-state index is -0.524. The molecule has 0 aromatic heterocycles. The Labute approximate surface area is 225 Å². The first kappa shape index (κ1) is 27.6. The van der Waals surface area contributed by atoms with Crippen molar-refractivity contribution in [2.45, 2.75) is 43.9 Å². The van der Waals surface area contributed by atoms with E-state index >= 15 is 0 Å². The number of hydrogen-bond donors (Lipinski definition) is 2. The molecule has 1 saturated heterocycles. The van der Waals surface area contributed by atoms with E-state index < -0.39 is 6.04 Å². The van der Waals surface area contributed by atoms with E-state index in [0.29, 0.717) is 12.2 Å². The van der Waals surface area contributed by atoms with E-state index in [4.69, 9.17) is 15.2 Å². The van der Waals surface area contributed by atoms with Crippen molar-refractivity contribution in [3.05, 3.63) is 102 Å². The summed E-state index contributed by atoms with van der Waals surface area (Å²) in [6.07, 6.45) is 6.85. The van der Waals surface area contributed by atoms with E-state index in [-0.39, 0.29) is 23.7 Å². The van der Waals surface area contributed by atoms with Gasteiger partial charge in [-0.05, 0) is 67.1 Å². The lowest BCUT2D eigenvalue weighted by Crippen LogP contribution is -2.39. The maximum atomic E-state index is 12.5. The first-order valence-corrected chi connectivity index (χ1v) is 13.4. The first-order chi connectivity index (χ1) is 18.5. The van der Waals surface area contributed by atoms with Gasteiger partial charge < -0.3 is 25.2 Å². The SMILES string of the molecule is COc1cc(C=CC(=O)C(N)CCCN2CCC(OC(c3ccccc3)c3ccccc3)CC2)ccc1O. The van der Waals surface area contributed by atoms with E-state index in [1.807, 2.05) is 12.1 Å². The van der Waals surface area contributed by atoms with Gasteiger partial charge in [0, 0.05) is 13.1 Å². The number of carbonyl (C=O) groups is 1. The molecular formula is C32H38N2O4. The maximum Gasteiger partial charge on any atom is 0.172 e. The predicted molar refractivity (Wildman–Crippen MR) is 151 cm³/mol. The Morgan fingerprint density at radius 1 is 1.03 bits per heavy atom. The van der Waals surface area contributed by atoms with Crippen LogP contribution >= 0.6 is 0 Å². The van der Waals surface area contributed by atoms with Gasteiger partial charge in [-0.25, -0.2) is 0 Å². The molecule has 1 unspecified atom stereocenters. The van der Waals surface area contributed by atoms with Crippen LogP contribution < -0.4 is 10.5 Å². The molecule has 0 saturated carbocycles. The zero-order valence-electron chi connectivity index (χ0n) is 22.0. The van der Waals surface area contributed by atoms with Crippen molar-refractivity contribution < 1.29 is 19.4 Å². The normalized spacial score (nSPS) is 15.7. The molecule has 0 radical (unpaired) electrons. The number of carbonyl (C=O) groups excluding carboxylic acids is 1. The number of likely N-dealkylation sites (tertiary alicyclic amines) is 1. The topological polar surface area (TPSA) is 85.0 Å². The number of nitrogens with zero attached hydrogens (tertiary/aromatic N) is 1. The van der Waals surface area contributed by atoms with Gasteiger partial charge in [-0.2, -0.15) is 0 Å². The van der Waals surface area contributed by atoms with Crippen molar-refractivity contribution in [1.82, 2.24) is 4.90 Å². The molecule has 38 heavy (non-hydrogen) atoms. The van der Waals surface area contributed by atoms with Crippen LogP contribution in [-0.2, 0) is 9.53 Å².